The highest BCUT2D eigenvalue weighted by atomic mass is 32.1. The minimum absolute atomic E-state index is 1.36. The highest BCUT2D eigenvalue weighted by Gasteiger charge is 2.09. The van der Waals surface area contributed by atoms with Gasteiger partial charge in [-0.2, -0.15) is 0 Å². The molecule has 0 amide bonds. The van der Waals surface area contributed by atoms with Crippen LogP contribution in [0.3, 0.4) is 0 Å². The van der Waals surface area contributed by atoms with Crippen LogP contribution < -0.4 is 0 Å². The van der Waals surface area contributed by atoms with Crippen LogP contribution in [0.5, 0.6) is 0 Å². The Hall–Kier alpha value is -3.42. The molecule has 0 saturated heterocycles. The minimum atomic E-state index is 1.36. The Labute approximate surface area is 240 Å². The first-order chi connectivity index (χ1) is 19.2. The Bertz CT molecular complexity index is 1520. The standard InChI is InChI=1S/C16H14.C14H8S.4C2H6/c1-11-13-7-3-5-9-15(13)12(2)16-10-6-4-8-14(11)16;1-3-9-7-8-10-4-2-6-12-14(10)13(9)11(5-1)15-12;4*1-2/h3-10H,1-2H3;1-8H;4*1-2H3. The average molecular weight is 535 g/mol. The number of thiophene rings is 1. The molecular weight excluding hydrogens is 488 g/mol. The van der Waals surface area contributed by atoms with Crippen LogP contribution in [0, 0.1) is 13.8 Å². The van der Waals surface area contributed by atoms with Gasteiger partial charge in [0.1, 0.15) is 0 Å². The molecule has 39 heavy (non-hydrogen) atoms. The molecule has 1 heterocycles. The Morgan fingerprint density at radius 3 is 0.974 bits per heavy atom. The normalized spacial score (nSPS) is 9.79. The molecule has 1 aromatic heterocycles. The van der Waals surface area contributed by atoms with Crippen LogP contribution in [0.2, 0.25) is 0 Å². The molecule has 0 unspecified atom stereocenters. The second kappa shape index (κ2) is 15.9. The number of aryl methyl sites for hydroxylation is 2. The smallest absolute Gasteiger partial charge is 0.0361 e. The number of rotatable bonds is 0. The van der Waals surface area contributed by atoms with Crippen molar-refractivity contribution in [3.8, 4) is 0 Å². The quantitative estimate of drug-likeness (QED) is 0.134. The van der Waals surface area contributed by atoms with E-state index in [-0.39, 0.29) is 0 Å². The molecule has 0 atom stereocenters. The number of benzene rings is 6. The van der Waals surface area contributed by atoms with E-state index < -0.39 is 0 Å². The third-order valence-corrected chi connectivity index (χ3v) is 7.62. The summed E-state index contributed by atoms with van der Waals surface area (Å²) in [5.74, 6) is 0. The maximum absolute atomic E-state index is 2.22. The van der Waals surface area contributed by atoms with Gasteiger partial charge in [-0.25, -0.2) is 0 Å². The van der Waals surface area contributed by atoms with Gasteiger partial charge in [0.05, 0.1) is 0 Å². The highest BCUT2D eigenvalue weighted by Crippen LogP contribution is 2.40. The lowest BCUT2D eigenvalue weighted by atomic mass is 9.93. The molecule has 0 saturated carbocycles. The third kappa shape index (κ3) is 6.43. The summed E-state index contributed by atoms with van der Waals surface area (Å²) in [6, 6.07) is 34.8. The van der Waals surface area contributed by atoms with Crippen LogP contribution in [0.1, 0.15) is 66.5 Å². The summed E-state index contributed by atoms with van der Waals surface area (Å²) in [6.07, 6.45) is 0. The molecule has 0 N–H and O–H groups in total. The second-order valence-corrected chi connectivity index (χ2v) is 9.30. The maximum atomic E-state index is 2.22. The van der Waals surface area contributed by atoms with E-state index in [4.69, 9.17) is 0 Å². The fourth-order valence-electron chi connectivity index (χ4n) is 4.94. The van der Waals surface area contributed by atoms with E-state index >= 15 is 0 Å². The van der Waals surface area contributed by atoms with Crippen molar-refractivity contribution in [3.63, 3.8) is 0 Å². The average Bonchev–Trinajstić information content (AvgIpc) is 3.43. The van der Waals surface area contributed by atoms with Crippen molar-refractivity contribution in [2.24, 2.45) is 0 Å². The summed E-state index contributed by atoms with van der Waals surface area (Å²) in [7, 11) is 0. The van der Waals surface area contributed by atoms with Crippen LogP contribution in [0.25, 0.3) is 52.5 Å². The van der Waals surface area contributed by atoms with Crippen molar-refractivity contribution >= 4 is 63.8 Å². The predicted octanol–water partition coefficient (Wildman–Crippen LogP) is 13.4. The largest absolute Gasteiger partial charge is 0.135 e. The van der Waals surface area contributed by atoms with Gasteiger partial charge in [-0.15, -0.1) is 11.3 Å². The van der Waals surface area contributed by atoms with Crippen LogP contribution >= 0.6 is 11.3 Å². The summed E-state index contributed by atoms with van der Waals surface area (Å²) in [4.78, 5) is 0. The maximum Gasteiger partial charge on any atom is 0.0361 e. The SMILES string of the molecule is CC.CC.CC.CC.Cc1c2ccccc2c(C)c2ccccc12.c1cc2ccc3cccc4sc(c1)c2c34. The summed E-state index contributed by atoms with van der Waals surface area (Å²) >= 11 is 1.89. The molecule has 0 radical (unpaired) electrons. The lowest BCUT2D eigenvalue weighted by molar-refractivity contribution is 1.50. The Balaban J connectivity index is 0.000000219. The van der Waals surface area contributed by atoms with Crippen molar-refractivity contribution in [2.45, 2.75) is 69.2 Å². The van der Waals surface area contributed by atoms with Crippen LogP contribution in [0.15, 0.2) is 97.1 Å². The van der Waals surface area contributed by atoms with E-state index in [2.05, 4.69) is 111 Å². The van der Waals surface area contributed by atoms with Gasteiger partial charge >= 0.3 is 0 Å². The molecular formula is C38H46S. The van der Waals surface area contributed by atoms with Gasteiger partial charge in [0.15, 0.2) is 0 Å². The van der Waals surface area contributed by atoms with Gasteiger partial charge in [0, 0.05) is 20.2 Å². The van der Waals surface area contributed by atoms with Crippen molar-refractivity contribution in [1.82, 2.24) is 0 Å². The van der Waals surface area contributed by atoms with Crippen LogP contribution in [-0.2, 0) is 0 Å². The highest BCUT2D eigenvalue weighted by molar-refractivity contribution is 7.26. The molecule has 204 valence electrons. The molecule has 7 rings (SSSR count). The zero-order valence-electron chi connectivity index (χ0n) is 25.6. The zero-order chi connectivity index (χ0) is 28.9. The fraction of sp³-hybridized carbons (Fsp3) is 0.263. The Morgan fingerprint density at radius 2 is 0.667 bits per heavy atom. The number of hydrogen-bond donors (Lipinski definition) is 0. The number of fused-ring (bicyclic) bond motifs is 2. The molecule has 1 heteroatoms. The molecule has 0 spiro atoms. The molecule has 0 fully saturated rings. The van der Waals surface area contributed by atoms with E-state index in [1.54, 1.807) is 0 Å². The van der Waals surface area contributed by atoms with Gasteiger partial charge in [0.25, 0.3) is 0 Å². The molecule has 0 bridgehead atoms. The second-order valence-electron chi connectivity index (χ2n) is 8.22. The molecule has 7 aromatic rings. The summed E-state index contributed by atoms with van der Waals surface area (Å²) in [5, 5.41) is 11.1. The van der Waals surface area contributed by atoms with Gasteiger partial charge in [-0.1, -0.05) is 140 Å². The molecule has 0 aliphatic rings. The van der Waals surface area contributed by atoms with Crippen molar-refractivity contribution in [3.05, 3.63) is 108 Å². The van der Waals surface area contributed by atoms with E-state index in [1.165, 1.54) is 63.6 Å². The fourth-order valence-corrected chi connectivity index (χ4v) is 6.12. The van der Waals surface area contributed by atoms with Gasteiger partial charge < -0.3 is 0 Å². The van der Waals surface area contributed by atoms with Gasteiger partial charge in [-0.3, -0.25) is 0 Å². The lowest BCUT2D eigenvalue weighted by Gasteiger charge is -2.11. The topological polar surface area (TPSA) is 0 Å². The van der Waals surface area contributed by atoms with Crippen LogP contribution in [0.4, 0.5) is 0 Å². The first-order valence-electron chi connectivity index (χ1n) is 14.7. The minimum Gasteiger partial charge on any atom is -0.135 e. The Morgan fingerprint density at radius 1 is 0.359 bits per heavy atom. The lowest BCUT2D eigenvalue weighted by Crippen LogP contribution is -1.87. The van der Waals surface area contributed by atoms with E-state index in [9.17, 15) is 0 Å². The first-order valence-corrected chi connectivity index (χ1v) is 15.5. The van der Waals surface area contributed by atoms with Crippen molar-refractivity contribution < 1.29 is 0 Å². The molecule has 0 aliphatic heterocycles. The van der Waals surface area contributed by atoms with Crippen LogP contribution in [-0.4, -0.2) is 0 Å². The summed E-state index contributed by atoms with van der Waals surface area (Å²) in [6.45, 7) is 20.4. The zero-order valence-corrected chi connectivity index (χ0v) is 26.5. The summed E-state index contributed by atoms with van der Waals surface area (Å²) in [5.41, 5.74) is 2.77. The first kappa shape index (κ1) is 31.8. The Kier molecular flexibility index (Phi) is 12.9. The van der Waals surface area contributed by atoms with E-state index in [1.807, 2.05) is 66.7 Å². The molecule has 6 aromatic carbocycles. The summed E-state index contributed by atoms with van der Waals surface area (Å²) < 4.78 is 2.80. The van der Waals surface area contributed by atoms with E-state index in [0.29, 0.717) is 0 Å². The predicted molar refractivity (Wildman–Crippen MR) is 184 cm³/mol. The van der Waals surface area contributed by atoms with Gasteiger partial charge in [0.2, 0.25) is 0 Å². The third-order valence-electron chi connectivity index (χ3n) is 6.50. The van der Waals surface area contributed by atoms with Crippen molar-refractivity contribution in [1.29, 1.82) is 0 Å². The number of hydrogen-bond acceptors (Lipinski definition) is 1. The van der Waals surface area contributed by atoms with E-state index in [0.717, 1.165) is 0 Å². The molecule has 0 nitrogen and oxygen atoms in total. The molecule has 0 aliphatic carbocycles. The van der Waals surface area contributed by atoms with Gasteiger partial charge in [-0.05, 0) is 69.4 Å². The monoisotopic (exact) mass is 534 g/mol. The van der Waals surface area contributed by atoms with Crippen molar-refractivity contribution in [2.75, 3.05) is 0 Å².